The fourth-order valence-electron chi connectivity index (χ4n) is 2.42. The fraction of sp³-hybridized carbons (Fsp3) is 0.412. The molecule has 6 nitrogen and oxygen atoms in total. The Labute approximate surface area is 145 Å². The van der Waals surface area contributed by atoms with Gasteiger partial charge in [0.2, 0.25) is 6.79 Å². The molecule has 0 radical (unpaired) electrons. The number of benzene rings is 1. The maximum absolute atomic E-state index is 12.0. The zero-order valence-electron chi connectivity index (χ0n) is 13.8. The van der Waals surface area contributed by atoms with Crippen molar-refractivity contribution < 1.29 is 14.3 Å². The first-order valence-electron chi connectivity index (χ1n) is 8.03. The molecule has 7 heteroatoms. The van der Waals surface area contributed by atoms with Crippen LogP contribution in [0.2, 0.25) is 0 Å². The van der Waals surface area contributed by atoms with Gasteiger partial charge in [-0.3, -0.25) is 0 Å². The van der Waals surface area contributed by atoms with Crippen molar-refractivity contribution in [2.45, 2.75) is 32.7 Å². The second-order valence-corrected chi connectivity index (χ2v) is 6.52. The molecule has 3 rings (SSSR count). The van der Waals surface area contributed by atoms with Gasteiger partial charge >= 0.3 is 6.03 Å². The number of aromatic nitrogens is 1. The van der Waals surface area contributed by atoms with E-state index in [1.807, 2.05) is 30.5 Å². The number of fused-ring (bicyclic) bond motifs is 1. The summed E-state index contributed by atoms with van der Waals surface area (Å²) in [5.41, 5.74) is 2.00. The first-order valence-corrected chi connectivity index (χ1v) is 8.91. The van der Waals surface area contributed by atoms with Gasteiger partial charge in [0.1, 0.15) is 0 Å². The number of aryl methyl sites for hydroxylation is 1. The highest BCUT2D eigenvalue weighted by molar-refractivity contribution is 7.09. The average molecular weight is 347 g/mol. The number of amides is 2. The van der Waals surface area contributed by atoms with Crippen molar-refractivity contribution in [1.29, 1.82) is 0 Å². The van der Waals surface area contributed by atoms with Crippen LogP contribution in [0.5, 0.6) is 11.5 Å². The largest absolute Gasteiger partial charge is 0.454 e. The van der Waals surface area contributed by atoms with Crippen LogP contribution in [-0.2, 0) is 12.8 Å². The summed E-state index contributed by atoms with van der Waals surface area (Å²) in [6.45, 7) is 4.83. The molecule has 1 atom stereocenters. The van der Waals surface area contributed by atoms with Gasteiger partial charge in [-0.15, -0.1) is 11.3 Å². The topological polar surface area (TPSA) is 72.5 Å². The number of carbonyl (C=O) groups excluding carboxylic acids is 1. The maximum atomic E-state index is 12.0. The van der Waals surface area contributed by atoms with Crippen LogP contribution in [-0.4, -0.2) is 24.4 Å². The molecule has 0 saturated carbocycles. The predicted molar refractivity (Wildman–Crippen MR) is 92.7 cm³/mol. The lowest BCUT2D eigenvalue weighted by atomic mass is 10.1. The van der Waals surface area contributed by atoms with Crippen molar-refractivity contribution in [1.82, 2.24) is 15.6 Å². The highest BCUT2D eigenvalue weighted by Gasteiger charge is 2.14. The Morgan fingerprint density at radius 3 is 3.00 bits per heavy atom. The van der Waals surface area contributed by atoms with Crippen LogP contribution in [0.25, 0.3) is 0 Å². The Kier molecular flexibility index (Phi) is 5.20. The molecule has 2 heterocycles. The standard InChI is InChI=1S/C17H21N3O3S/c1-3-16-20-13(9-24-16)11(2)19-17(21)18-7-6-12-4-5-14-15(8-12)23-10-22-14/h4-5,8-9,11H,3,6-7,10H2,1-2H3,(H2,18,19,21)/t11-/m1/s1. The number of nitrogens with zero attached hydrogens (tertiary/aromatic N) is 1. The van der Waals surface area contributed by atoms with E-state index < -0.39 is 0 Å². The Morgan fingerprint density at radius 2 is 2.21 bits per heavy atom. The number of ether oxygens (including phenoxy) is 2. The summed E-state index contributed by atoms with van der Waals surface area (Å²) in [6.07, 6.45) is 1.65. The predicted octanol–water partition coefficient (Wildman–Crippen LogP) is 3.04. The van der Waals surface area contributed by atoms with Crippen LogP contribution < -0.4 is 20.1 Å². The third-order valence-corrected chi connectivity index (χ3v) is 4.81. The minimum atomic E-state index is -0.186. The average Bonchev–Trinajstić information content (AvgIpc) is 3.23. The van der Waals surface area contributed by atoms with Gasteiger partial charge in [0.25, 0.3) is 0 Å². The molecule has 1 aromatic heterocycles. The maximum Gasteiger partial charge on any atom is 0.315 e. The second-order valence-electron chi connectivity index (χ2n) is 5.58. The van der Waals surface area contributed by atoms with Crippen LogP contribution in [0.3, 0.4) is 0 Å². The number of urea groups is 1. The molecule has 1 aliphatic heterocycles. The quantitative estimate of drug-likeness (QED) is 0.842. The monoisotopic (exact) mass is 347 g/mol. The lowest BCUT2D eigenvalue weighted by Gasteiger charge is -2.13. The Morgan fingerprint density at radius 1 is 1.38 bits per heavy atom. The van der Waals surface area contributed by atoms with E-state index in [0.29, 0.717) is 6.54 Å². The molecule has 2 amide bonds. The minimum absolute atomic E-state index is 0.105. The molecule has 2 N–H and O–H groups in total. The summed E-state index contributed by atoms with van der Waals surface area (Å²) in [7, 11) is 0. The van der Waals surface area contributed by atoms with Gasteiger partial charge in [0, 0.05) is 11.9 Å². The molecule has 0 unspecified atom stereocenters. The molecule has 0 aliphatic carbocycles. The summed E-state index contributed by atoms with van der Waals surface area (Å²) in [5, 5.41) is 8.87. The van der Waals surface area contributed by atoms with E-state index in [9.17, 15) is 4.79 Å². The molecule has 0 saturated heterocycles. The molecular formula is C17H21N3O3S. The van der Waals surface area contributed by atoms with Gasteiger partial charge < -0.3 is 20.1 Å². The van der Waals surface area contributed by atoms with Crippen molar-refractivity contribution in [2.24, 2.45) is 0 Å². The number of hydrogen-bond donors (Lipinski definition) is 2. The molecule has 128 valence electrons. The smallest absolute Gasteiger partial charge is 0.315 e. The molecule has 1 aromatic carbocycles. The van der Waals surface area contributed by atoms with E-state index in [4.69, 9.17) is 9.47 Å². The first kappa shape index (κ1) is 16.6. The number of nitrogens with one attached hydrogen (secondary N) is 2. The minimum Gasteiger partial charge on any atom is -0.454 e. The lowest BCUT2D eigenvalue weighted by molar-refractivity contribution is 0.174. The normalized spacial score (nSPS) is 13.6. The number of hydrogen-bond acceptors (Lipinski definition) is 5. The Hall–Kier alpha value is -2.28. The SMILES string of the molecule is CCc1nc([C@@H](C)NC(=O)NCCc2ccc3c(c2)OCO3)cs1. The first-order chi connectivity index (χ1) is 11.7. The second kappa shape index (κ2) is 7.53. The summed E-state index contributed by atoms with van der Waals surface area (Å²) in [5.74, 6) is 1.54. The van der Waals surface area contributed by atoms with Crippen LogP contribution in [0.15, 0.2) is 23.6 Å². The fourth-order valence-corrected chi connectivity index (χ4v) is 3.26. The van der Waals surface area contributed by atoms with E-state index in [0.717, 1.165) is 40.6 Å². The molecule has 2 aromatic rings. The van der Waals surface area contributed by atoms with Crippen molar-refractivity contribution in [3.63, 3.8) is 0 Å². The zero-order chi connectivity index (χ0) is 16.9. The Balaban J connectivity index is 1.44. The molecule has 0 spiro atoms. The van der Waals surface area contributed by atoms with Crippen LogP contribution in [0.4, 0.5) is 4.79 Å². The third-order valence-electron chi connectivity index (χ3n) is 3.80. The van der Waals surface area contributed by atoms with Crippen LogP contribution in [0.1, 0.15) is 36.2 Å². The molecule has 24 heavy (non-hydrogen) atoms. The van der Waals surface area contributed by atoms with Crippen LogP contribution >= 0.6 is 11.3 Å². The lowest BCUT2D eigenvalue weighted by Crippen LogP contribution is -2.38. The molecule has 0 bridgehead atoms. The van der Waals surface area contributed by atoms with Gasteiger partial charge in [0.15, 0.2) is 11.5 Å². The highest BCUT2D eigenvalue weighted by Crippen LogP contribution is 2.32. The molecule has 1 aliphatic rings. The third kappa shape index (κ3) is 3.97. The molecule has 0 fully saturated rings. The van der Waals surface area contributed by atoms with E-state index >= 15 is 0 Å². The summed E-state index contributed by atoms with van der Waals surface area (Å²) in [6, 6.07) is 5.54. The van der Waals surface area contributed by atoms with Crippen molar-refractivity contribution in [3.8, 4) is 11.5 Å². The van der Waals surface area contributed by atoms with Gasteiger partial charge in [-0.25, -0.2) is 9.78 Å². The van der Waals surface area contributed by atoms with E-state index in [1.165, 1.54) is 0 Å². The van der Waals surface area contributed by atoms with E-state index in [-0.39, 0.29) is 18.9 Å². The van der Waals surface area contributed by atoms with Crippen molar-refractivity contribution in [3.05, 3.63) is 39.8 Å². The van der Waals surface area contributed by atoms with Gasteiger partial charge in [-0.2, -0.15) is 0 Å². The van der Waals surface area contributed by atoms with E-state index in [2.05, 4.69) is 22.5 Å². The zero-order valence-corrected chi connectivity index (χ0v) is 14.6. The van der Waals surface area contributed by atoms with Gasteiger partial charge in [0.05, 0.1) is 16.7 Å². The summed E-state index contributed by atoms with van der Waals surface area (Å²) in [4.78, 5) is 16.5. The van der Waals surface area contributed by atoms with Gasteiger partial charge in [-0.1, -0.05) is 13.0 Å². The van der Waals surface area contributed by atoms with Crippen LogP contribution in [0, 0.1) is 0 Å². The highest BCUT2D eigenvalue weighted by atomic mass is 32.1. The van der Waals surface area contributed by atoms with Gasteiger partial charge in [-0.05, 0) is 37.5 Å². The number of carbonyl (C=O) groups is 1. The molecular weight excluding hydrogens is 326 g/mol. The van der Waals surface area contributed by atoms with Crippen molar-refractivity contribution >= 4 is 17.4 Å². The number of rotatable bonds is 6. The summed E-state index contributed by atoms with van der Waals surface area (Å²) < 4.78 is 10.6. The number of thiazole rings is 1. The van der Waals surface area contributed by atoms with Crippen molar-refractivity contribution in [2.75, 3.05) is 13.3 Å². The summed E-state index contributed by atoms with van der Waals surface area (Å²) >= 11 is 1.62. The van der Waals surface area contributed by atoms with E-state index in [1.54, 1.807) is 11.3 Å². The Bertz CT molecular complexity index is 717.